The van der Waals surface area contributed by atoms with E-state index in [1.54, 1.807) is 0 Å². The summed E-state index contributed by atoms with van der Waals surface area (Å²) in [6.45, 7) is 0. The fourth-order valence-corrected chi connectivity index (χ4v) is 3.11. The highest BCUT2D eigenvalue weighted by molar-refractivity contribution is 5.56. The summed E-state index contributed by atoms with van der Waals surface area (Å²) < 4.78 is 0. The Morgan fingerprint density at radius 1 is 0.882 bits per heavy atom. The fourth-order valence-electron chi connectivity index (χ4n) is 3.11. The topological polar surface area (TPSA) is 14.1 Å². The van der Waals surface area contributed by atoms with Crippen LogP contribution in [-0.2, 0) is 0 Å². The van der Waals surface area contributed by atoms with Crippen molar-refractivity contribution in [2.24, 2.45) is 5.92 Å². The molecule has 1 aliphatic heterocycles. The zero-order valence-electron chi connectivity index (χ0n) is 10.4. The van der Waals surface area contributed by atoms with Gasteiger partial charge in [-0.15, -0.1) is 0 Å². The minimum Gasteiger partial charge on any atom is -0.260 e. The molecule has 1 aromatic rings. The third-order valence-electron chi connectivity index (χ3n) is 4.07. The van der Waals surface area contributed by atoms with Gasteiger partial charge >= 0.3 is 0 Å². The van der Waals surface area contributed by atoms with E-state index in [1.165, 1.54) is 61.1 Å². The molecule has 0 saturated heterocycles. The number of hydrogen-bond donors (Lipinski definition) is 0. The second-order valence-corrected chi connectivity index (χ2v) is 5.27. The van der Waals surface area contributed by atoms with Crippen LogP contribution >= 0.6 is 0 Å². The van der Waals surface area contributed by atoms with Gasteiger partial charge in [0.05, 0.1) is 5.70 Å². The van der Waals surface area contributed by atoms with Gasteiger partial charge in [-0.1, -0.05) is 56.4 Å². The number of benzene rings is 1. The Morgan fingerprint density at radius 3 is 2.41 bits per heavy atom. The maximum absolute atomic E-state index is 4.69. The standard InChI is InChI=1S/C16H20N/c1-2-4-8-13(9-5-3-1)16-15-11-7-6-10-14(15)12-17-16/h6-7,10-13H,1-5,8-9H2. The van der Waals surface area contributed by atoms with E-state index in [0.29, 0.717) is 5.92 Å². The average molecular weight is 226 g/mol. The normalized spacial score (nSPS) is 21.1. The van der Waals surface area contributed by atoms with Crippen LogP contribution in [0.2, 0.25) is 0 Å². The lowest BCUT2D eigenvalue weighted by molar-refractivity contribution is 0.437. The molecular formula is C16H20N. The molecule has 0 unspecified atom stereocenters. The molecule has 0 N–H and O–H groups in total. The minimum absolute atomic E-state index is 0.704. The van der Waals surface area contributed by atoms with Crippen LogP contribution in [-0.4, -0.2) is 0 Å². The van der Waals surface area contributed by atoms with E-state index in [1.807, 2.05) is 6.20 Å². The van der Waals surface area contributed by atoms with Gasteiger partial charge in [0, 0.05) is 22.6 Å². The van der Waals surface area contributed by atoms with E-state index in [-0.39, 0.29) is 0 Å². The molecule has 1 saturated carbocycles. The molecule has 1 heteroatoms. The number of hydrogen-bond acceptors (Lipinski definition) is 0. The van der Waals surface area contributed by atoms with E-state index >= 15 is 0 Å². The lowest BCUT2D eigenvalue weighted by Crippen LogP contribution is -2.25. The van der Waals surface area contributed by atoms with Gasteiger partial charge < -0.3 is 0 Å². The van der Waals surface area contributed by atoms with Crippen molar-refractivity contribution in [2.75, 3.05) is 0 Å². The molecule has 1 aromatic carbocycles. The molecule has 1 nitrogen and oxygen atoms in total. The van der Waals surface area contributed by atoms with Crippen molar-refractivity contribution in [2.45, 2.75) is 44.9 Å². The highest BCUT2D eigenvalue weighted by Crippen LogP contribution is 2.27. The summed E-state index contributed by atoms with van der Waals surface area (Å²) in [5, 5.41) is 7.39. The molecule has 0 aromatic heterocycles. The largest absolute Gasteiger partial charge is 0.260 e. The van der Waals surface area contributed by atoms with Gasteiger partial charge in [0.1, 0.15) is 0 Å². The summed E-state index contributed by atoms with van der Waals surface area (Å²) in [4.78, 5) is 0. The van der Waals surface area contributed by atoms with Gasteiger partial charge in [-0.3, -0.25) is 5.32 Å². The van der Waals surface area contributed by atoms with Crippen LogP contribution in [0.15, 0.2) is 24.3 Å². The van der Waals surface area contributed by atoms with Crippen molar-refractivity contribution >= 4 is 11.9 Å². The van der Waals surface area contributed by atoms with Crippen molar-refractivity contribution < 1.29 is 0 Å². The molecule has 1 heterocycles. The predicted octanol–water partition coefficient (Wildman–Crippen LogP) is 2.51. The first-order valence-electron chi connectivity index (χ1n) is 6.95. The highest BCUT2D eigenvalue weighted by Gasteiger charge is 2.19. The number of rotatable bonds is 1. The van der Waals surface area contributed by atoms with Crippen LogP contribution in [0.25, 0.3) is 11.9 Å². The van der Waals surface area contributed by atoms with E-state index in [0.717, 1.165) is 0 Å². The fraction of sp³-hybridized carbons (Fsp3) is 0.500. The van der Waals surface area contributed by atoms with Crippen LogP contribution in [0.1, 0.15) is 44.9 Å². The molecule has 89 valence electrons. The molecular weight excluding hydrogens is 206 g/mol. The van der Waals surface area contributed by atoms with Crippen LogP contribution in [0, 0.1) is 5.92 Å². The van der Waals surface area contributed by atoms with Crippen molar-refractivity contribution in [3.63, 3.8) is 0 Å². The minimum atomic E-state index is 0.704. The second kappa shape index (κ2) is 4.95. The molecule has 0 amide bonds. The smallest absolute Gasteiger partial charge is 0.0513 e. The van der Waals surface area contributed by atoms with E-state index < -0.39 is 0 Å². The summed E-state index contributed by atoms with van der Waals surface area (Å²) in [7, 11) is 0. The van der Waals surface area contributed by atoms with Gasteiger partial charge in [-0.2, -0.15) is 0 Å². The van der Waals surface area contributed by atoms with Gasteiger partial charge in [-0.25, -0.2) is 0 Å². The molecule has 0 spiro atoms. The summed E-state index contributed by atoms with van der Waals surface area (Å²) in [5.74, 6) is 0.704. The highest BCUT2D eigenvalue weighted by atomic mass is 14.9. The SMILES string of the molecule is C1=c2ccccc2=C(C2CCCCCCC2)[N]1. The Bertz CT molecular complexity index is 493. The summed E-state index contributed by atoms with van der Waals surface area (Å²) in [6, 6.07) is 8.65. The Balaban J connectivity index is 1.92. The summed E-state index contributed by atoms with van der Waals surface area (Å²) >= 11 is 0. The predicted molar refractivity (Wildman–Crippen MR) is 71.5 cm³/mol. The molecule has 17 heavy (non-hydrogen) atoms. The third-order valence-corrected chi connectivity index (χ3v) is 4.07. The monoisotopic (exact) mass is 226 g/mol. The zero-order valence-corrected chi connectivity index (χ0v) is 10.4. The van der Waals surface area contributed by atoms with Crippen molar-refractivity contribution in [1.29, 1.82) is 0 Å². The van der Waals surface area contributed by atoms with Crippen LogP contribution < -0.4 is 15.8 Å². The lowest BCUT2D eigenvalue weighted by Gasteiger charge is -2.20. The Labute approximate surface area is 103 Å². The molecule has 1 aliphatic carbocycles. The summed E-state index contributed by atoms with van der Waals surface area (Å²) in [6.07, 6.45) is 11.7. The molecule has 3 rings (SSSR count). The van der Waals surface area contributed by atoms with Crippen molar-refractivity contribution in [3.05, 3.63) is 34.7 Å². The first-order chi connectivity index (χ1) is 8.45. The van der Waals surface area contributed by atoms with Gasteiger partial charge in [0.2, 0.25) is 0 Å². The van der Waals surface area contributed by atoms with Crippen molar-refractivity contribution in [3.8, 4) is 0 Å². The van der Waals surface area contributed by atoms with Gasteiger partial charge in [-0.05, 0) is 12.8 Å². The Morgan fingerprint density at radius 2 is 1.59 bits per heavy atom. The molecule has 0 bridgehead atoms. The third kappa shape index (κ3) is 2.24. The number of nitrogens with zero attached hydrogens (tertiary/aromatic N) is 1. The first kappa shape index (κ1) is 10.9. The molecule has 0 atom stereocenters. The maximum Gasteiger partial charge on any atom is 0.0513 e. The van der Waals surface area contributed by atoms with E-state index in [9.17, 15) is 0 Å². The Hall–Kier alpha value is -1.24. The Kier molecular flexibility index (Phi) is 3.17. The first-order valence-corrected chi connectivity index (χ1v) is 6.95. The second-order valence-electron chi connectivity index (χ2n) is 5.27. The average Bonchev–Trinajstić information content (AvgIpc) is 2.73. The molecule has 1 fully saturated rings. The van der Waals surface area contributed by atoms with Crippen LogP contribution in [0.5, 0.6) is 0 Å². The quantitative estimate of drug-likeness (QED) is 0.698. The van der Waals surface area contributed by atoms with Crippen LogP contribution in [0.4, 0.5) is 0 Å². The van der Waals surface area contributed by atoms with Gasteiger partial charge in [0.25, 0.3) is 0 Å². The zero-order chi connectivity index (χ0) is 11.5. The van der Waals surface area contributed by atoms with E-state index in [2.05, 4.69) is 24.3 Å². The molecule has 1 radical (unpaired) electrons. The van der Waals surface area contributed by atoms with Crippen LogP contribution in [0.3, 0.4) is 0 Å². The lowest BCUT2D eigenvalue weighted by atomic mass is 9.88. The molecule has 2 aliphatic rings. The summed E-state index contributed by atoms with van der Waals surface area (Å²) in [5.41, 5.74) is 1.36. The number of fused-ring (bicyclic) bond motifs is 1. The van der Waals surface area contributed by atoms with Crippen molar-refractivity contribution in [1.82, 2.24) is 5.32 Å². The van der Waals surface area contributed by atoms with E-state index in [4.69, 9.17) is 5.32 Å². The van der Waals surface area contributed by atoms with Gasteiger partial charge in [0.15, 0.2) is 0 Å². The maximum atomic E-state index is 4.69.